The van der Waals surface area contributed by atoms with Crippen LogP contribution in [-0.4, -0.2) is 6.04 Å². The summed E-state index contributed by atoms with van der Waals surface area (Å²) in [7, 11) is 0. The second-order valence-corrected chi connectivity index (χ2v) is 6.64. The van der Waals surface area contributed by atoms with Crippen LogP contribution in [0.2, 0.25) is 5.02 Å². The molecule has 2 atom stereocenters. The molecular weight excluding hydrogens is 263 g/mol. The van der Waals surface area contributed by atoms with E-state index >= 15 is 0 Å². The molecular formula is C15H22ClFN2. The average molecular weight is 285 g/mol. The maximum atomic E-state index is 13.9. The molecule has 3 N–H and O–H groups in total. The third kappa shape index (κ3) is 3.28. The fraction of sp³-hybridized carbons (Fsp3) is 0.600. The van der Waals surface area contributed by atoms with Crippen molar-refractivity contribution >= 4 is 11.6 Å². The highest BCUT2D eigenvalue weighted by Crippen LogP contribution is 2.44. The summed E-state index contributed by atoms with van der Waals surface area (Å²) in [6, 6.07) is 4.95. The largest absolute Gasteiger partial charge is 0.271 e. The summed E-state index contributed by atoms with van der Waals surface area (Å²) in [6.07, 6.45) is 4.18. The third-order valence-electron chi connectivity index (χ3n) is 4.49. The minimum atomic E-state index is -0.247. The van der Waals surface area contributed by atoms with Gasteiger partial charge in [0.1, 0.15) is 5.82 Å². The summed E-state index contributed by atoms with van der Waals surface area (Å²) < 4.78 is 13.9. The Bertz CT molecular complexity index is 448. The van der Waals surface area contributed by atoms with E-state index in [1.807, 2.05) is 0 Å². The maximum absolute atomic E-state index is 13.9. The Hall–Kier alpha value is -0.640. The lowest BCUT2D eigenvalue weighted by Crippen LogP contribution is -2.46. The molecule has 1 saturated carbocycles. The predicted molar refractivity (Wildman–Crippen MR) is 77.3 cm³/mol. The number of hydrogen-bond acceptors (Lipinski definition) is 2. The Kier molecular flexibility index (Phi) is 4.49. The Morgan fingerprint density at radius 3 is 2.79 bits per heavy atom. The molecule has 0 aromatic heterocycles. The first-order valence-corrected chi connectivity index (χ1v) is 7.22. The molecule has 1 aromatic rings. The van der Waals surface area contributed by atoms with Crippen molar-refractivity contribution in [1.82, 2.24) is 5.43 Å². The van der Waals surface area contributed by atoms with Crippen LogP contribution in [0.3, 0.4) is 0 Å². The lowest BCUT2D eigenvalue weighted by atomic mass is 9.76. The zero-order chi connectivity index (χ0) is 14.0. The van der Waals surface area contributed by atoms with E-state index in [1.54, 1.807) is 12.1 Å². The molecule has 1 fully saturated rings. The van der Waals surface area contributed by atoms with E-state index < -0.39 is 0 Å². The molecule has 4 heteroatoms. The molecule has 106 valence electrons. The van der Waals surface area contributed by atoms with Crippen LogP contribution in [0.15, 0.2) is 18.2 Å². The zero-order valence-corrected chi connectivity index (χ0v) is 12.3. The van der Waals surface area contributed by atoms with Gasteiger partial charge < -0.3 is 0 Å². The summed E-state index contributed by atoms with van der Waals surface area (Å²) in [6.45, 7) is 4.54. The standard InChI is InChI=1S/C15H22ClFN2/c1-15(2)7-3-4-12(15)14(19-18)8-10-5-6-11(16)9-13(10)17/h5-6,9,12,14,19H,3-4,7-8,18H2,1-2H3. The van der Waals surface area contributed by atoms with Gasteiger partial charge in [-0.1, -0.05) is 37.9 Å². The first-order chi connectivity index (χ1) is 8.94. The number of nitrogens with one attached hydrogen (secondary N) is 1. The SMILES string of the molecule is CC1(C)CCCC1C(Cc1ccc(Cl)cc1F)NN. The van der Waals surface area contributed by atoms with Gasteiger partial charge in [-0.25, -0.2) is 4.39 Å². The van der Waals surface area contributed by atoms with E-state index in [-0.39, 0.29) is 17.3 Å². The summed E-state index contributed by atoms with van der Waals surface area (Å²) in [5, 5.41) is 0.430. The molecule has 2 nitrogen and oxygen atoms in total. The minimum Gasteiger partial charge on any atom is -0.271 e. The monoisotopic (exact) mass is 284 g/mol. The van der Waals surface area contributed by atoms with Gasteiger partial charge in [-0.05, 0) is 48.3 Å². The normalized spacial score (nSPS) is 23.5. The molecule has 2 unspecified atom stereocenters. The number of hydrogen-bond donors (Lipinski definition) is 2. The van der Waals surface area contributed by atoms with E-state index in [0.717, 1.165) is 6.42 Å². The van der Waals surface area contributed by atoms with Gasteiger partial charge in [0.15, 0.2) is 0 Å². The van der Waals surface area contributed by atoms with Gasteiger partial charge in [-0.3, -0.25) is 11.3 Å². The minimum absolute atomic E-state index is 0.105. The van der Waals surface area contributed by atoms with Crippen molar-refractivity contribution in [1.29, 1.82) is 0 Å². The van der Waals surface area contributed by atoms with Crippen LogP contribution in [0.1, 0.15) is 38.7 Å². The molecule has 0 aliphatic heterocycles. The smallest absolute Gasteiger partial charge is 0.127 e. The second kappa shape index (κ2) is 5.78. The highest BCUT2D eigenvalue weighted by Gasteiger charge is 2.39. The van der Waals surface area contributed by atoms with Crippen LogP contribution in [0.5, 0.6) is 0 Å². The van der Waals surface area contributed by atoms with Crippen molar-refractivity contribution < 1.29 is 4.39 Å². The molecule has 0 radical (unpaired) electrons. The lowest BCUT2D eigenvalue weighted by molar-refractivity contribution is 0.195. The van der Waals surface area contributed by atoms with Gasteiger partial charge in [-0.15, -0.1) is 0 Å². The Morgan fingerprint density at radius 2 is 2.26 bits per heavy atom. The molecule has 0 amide bonds. The van der Waals surface area contributed by atoms with Crippen molar-refractivity contribution in [2.24, 2.45) is 17.2 Å². The zero-order valence-electron chi connectivity index (χ0n) is 11.5. The third-order valence-corrected chi connectivity index (χ3v) is 4.73. The molecule has 0 bridgehead atoms. The van der Waals surface area contributed by atoms with Crippen molar-refractivity contribution in [2.75, 3.05) is 0 Å². The van der Waals surface area contributed by atoms with Crippen LogP contribution >= 0.6 is 11.6 Å². The number of rotatable bonds is 4. The highest BCUT2D eigenvalue weighted by molar-refractivity contribution is 6.30. The molecule has 0 heterocycles. The maximum Gasteiger partial charge on any atom is 0.127 e. The van der Waals surface area contributed by atoms with E-state index in [9.17, 15) is 4.39 Å². The fourth-order valence-electron chi connectivity index (χ4n) is 3.34. The first-order valence-electron chi connectivity index (χ1n) is 6.84. The van der Waals surface area contributed by atoms with E-state index in [0.29, 0.717) is 22.9 Å². The van der Waals surface area contributed by atoms with Gasteiger partial charge in [0, 0.05) is 11.1 Å². The summed E-state index contributed by atoms with van der Waals surface area (Å²) in [5.74, 6) is 5.94. The van der Waals surface area contributed by atoms with Crippen molar-refractivity contribution in [3.63, 3.8) is 0 Å². The average Bonchev–Trinajstić information content (AvgIpc) is 2.68. The molecule has 19 heavy (non-hydrogen) atoms. The van der Waals surface area contributed by atoms with E-state index in [2.05, 4.69) is 19.3 Å². The molecule has 0 saturated heterocycles. The first kappa shape index (κ1) is 14.8. The molecule has 1 aliphatic carbocycles. The van der Waals surface area contributed by atoms with Crippen LogP contribution in [0.25, 0.3) is 0 Å². The van der Waals surface area contributed by atoms with E-state index in [1.165, 1.54) is 18.9 Å². The van der Waals surface area contributed by atoms with Crippen molar-refractivity contribution in [3.8, 4) is 0 Å². The Morgan fingerprint density at radius 1 is 1.53 bits per heavy atom. The molecule has 0 spiro atoms. The van der Waals surface area contributed by atoms with Gasteiger partial charge >= 0.3 is 0 Å². The number of halogens is 2. The molecule has 1 aliphatic rings. The topological polar surface area (TPSA) is 38.0 Å². The Balaban J connectivity index is 2.15. The van der Waals surface area contributed by atoms with E-state index in [4.69, 9.17) is 17.4 Å². The van der Waals surface area contributed by atoms with Crippen LogP contribution < -0.4 is 11.3 Å². The van der Waals surface area contributed by atoms with Gasteiger partial charge in [-0.2, -0.15) is 0 Å². The van der Waals surface area contributed by atoms with Crippen molar-refractivity contribution in [3.05, 3.63) is 34.6 Å². The van der Waals surface area contributed by atoms with Gasteiger partial charge in [0.25, 0.3) is 0 Å². The van der Waals surface area contributed by atoms with Gasteiger partial charge in [0.05, 0.1) is 0 Å². The fourth-order valence-corrected chi connectivity index (χ4v) is 3.50. The molecule has 2 rings (SSSR count). The number of benzene rings is 1. The quantitative estimate of drug-likeness (QED) is 0.654. The lowest BCUT2D eigenvalue weighted by Gasteiger charge is -2.34. The van der Waals surface area contributed by atoms with Crippen molar-refractivity contribution in [2.45, 2.75) is 45.6 Å². The summed E-state index contributed by atoms with van der Waals surface area (Å²) >= 11 is 5.78. The van der Waals surface area contributed by atoms with Crippen LogP contribution in [-0.2, 0) is 6.42 Å². The predicted octanol–water partition coefficient (Wildman–Crippen LogP) is 3.68. The van der Waals surface area contributed by atoms with Gasteiger partial charge in [0.2, 0.25) is 0 Å². The van der Waals surface area contributed by atoms with Crippen LogP contribution in [0, 0.1) is 17.2 Å². The molecule has 1 aromatic carbocycles. The summed E-state index contributed by atoms with van der Waals surface area (Å²) in [4.78, 5) is 0. The number of hydrazine groups is 1. The highest BCUT2D eigenvalue weighted by atomic mass is 35.5. The van der Waals surface area contributed by atoms with Crippen LogP contribution in [0.4, 0.5) is 4.39 Å². The second-order valence-electron chi connectivity index (χ2n) is 6.20. The Labute approximate surface area is 119 Å². The summed E-state index contributed by atoms with van der Waals surface area (Å²) in [5.41, 5.74) is 3.83. The number of nitrogens with two attached hydrogens (primary N) is 1.